The Morgan fingerprint density at radius 1 is 1.16 bits per heavy atom. The van der Waals surface area contributed by atoms with Crippen LogP contribution in [0.3, 0.4) is 0 Å². The van der Waals surface area contributed by atoms with Crippen molar-refractivity contribution in [2.75, 3.05) is 18.4 Å². The number of sulfonamides is 1. The molecule has 1 aromatic carbocycles. The second-order valence-electron chi connectivity index (χ2n) is 6.50. The molecule has 1 unspecified atom stereocenters. The zero-order chi connectivity index (χ0) is 17.3. The predicted molar refractivity (Wildman–Crippen MR) is 96.9 cm³/mol. The first-order valence-corrected chi connectivity index (χ1v) is 9.88. The average molecular weight is 356 g/mol. The number of likely N-dealkylation sites (tertiary alicyclic amines) is 1. The Morgan fingerprint density at radius 2 is 1.96 bits per heavy atom. The molecule has 1 aromatic heterocycles. The Labute approximate surface area is 147 Å². The van der Waals surface area contributed by atoms with Gasteiger partial charge in [-0.15, -0.1) is 4.40 Å². The third kappa shape index (κ3) is 3.43. The van der Waals surface area contributed by atoms with Gasteiger partial charge in [0.1, 0.15) is 10.7 Å². The first-order chi connectivity index (χ1) is 12.1. The van der Waals surface area contributed by atoms with Crippen molar-refractivity contribution in [1.82, 2.24) is 9.88 Å². The Balaban J connectivity index is 1.53. The zero-order valence-electron chi connectivity index (χ0n) is 13.8. The predicted octanol–water partition coefficient (Wildman–Crippen LogP) is 2.51. The summed E-state index contributed by atoms with van der Waals surface area (Å²) in [4.78, 5) is 6.65. The van der Waals surface area contributed by atoms with Gasteiger partial charge in [-0.1, -0.05) is 12.1 Å². The Morgan fingerprint density at radius 3 is 2.80 bits per heavy atom. The smallest absolute Gasteiger partial charge is 0.286 e. The molecule has 0 saturated carbocycles. The number of rotatable bonds is 3. The van der Waals surface area contributed by atoms with E-state index in [0.29, 0.717) is 11.5 Å². The molecule has 6 nitrogen and oxygen atoms in total. The molecule has 4 rings (SSSR count). The Bertz CT molecular complexity index is 896. The summed E-state index contributed by atoms with van der Waals surface area (Å²) < 4.78 is 29.0. The van der Waals surface area contributed by atoms with Gasteiger partial charge in [0.2, 0.25) is 0 Å². The maximum absolute atomic E-state index is 12.5. The maximum Gasteiger partial charge on any atom is 0.286 e. The van der Waals surface area contributed by atoms with Crippen LogP contribution in [0, 0.1) is 5.92 Å². The van der Waals surface area contributed by atoms with Crippen molar-refractivity contribution in [1.29, 1.82) is 0 Å². The molecule has 2 aromatic rings. The highest BCUT2D eigenvalue weighted by molar-refractivity contribution is 7.90. The molecule has 0 radical (unpaired) electrons. The SMILES string of the molecule is O=S1(=O)N=C(C2CCCN(Cc3ccncc3)C2)Nc2ccccc21. The van der Waals surface area contributed by atoms with E-state index in [1.807, 2.05) is 18.2 Å². The van der Waals surface area contributed by atoms with Crippen LogP contribution in [0.1, 0.15) is 18.4 Å². The number of fused-ring (bicyclic) bond motifs is 1. The van der Waals surface area contributed by atoms with E-state index in [4.69, 9.17) is 0 Å². The van der Waals surface area contributed by atoms with Gasteiger partial charge in [0.05, 0.1) is 5.69 Å². The van der Waals surface area contributed by atoms with Crippen LogP contribution in [-0.2, 0) is 16.6 Å². The van der Waals surface area contributed by atoms with E-state index in [9.17, 15) is 8.42 Å². The van der Waals surface area contributed by atoms with Crippen LogP contribution in [-0.4, -0.2) is 37.2 Å². The van der Waals surface area contributed by atoms with Crippen molar-refractivity contribution in [2.24, 2.45) is 10.3 Å². The van der Waals surface area contributed by atoms with Crippen LogP contribution >= 0.6 is 0 Å². The summed E-state index contributed by atoms with van der Waals surface area (Å²) in [6.07, 6.45) is 5.56. The number of nitrogens with zero attached hydrogens (tertiary/aromatic N) is 3. The Kier molecular flexibility index (Phi) is 4.27. The first-order valence-electron chi connectivity index (χ1n) is 8.44. The molecular formula is C18H20N4O2S. The lowest BCUT2D eigenvalue weighted by atomic mass is 9.96. The number of anilines is 1. The van der Waals surface area contributed by atoms with Crippen molar-refractivity contribution in [3.63, 3.8) is 0 Å². The molecule has 0 spiro atoms. The molecule has 7 heteroatoms. The molecule has 2 aliphatic heterocycles. The van der Waals surface area contributed by atoms with Gasteiger partial charge in [-0.3, -0.25) is 9.88 Å². The van der Waals surface area contributed by atoms with Crippen LogP contribution in [0.25, 0.3) is 0 Å². The normalized spacial score (nSPS) is 22.6. The van der Waals surface area contributed by atoms with Crippen molar-refractivity contribution in [3.8, 4) is 0 Å². The van der Waals surface area contributed by atoms with Gasteiger partial charge in [-0.2, -0.15) is 8.42 Å². The van der Waals surface area contributed by atoms with Gasteiger partial charge < -0.3 is 5.32 Å². The highest BCUT2D eigenvalue weighted by Gasteiger charge is 2.31. The summed E-state index contributed by atoms with van der Waals surface area (Å²) in [5, 5.41) is 3.24. The summed E-state index contributed by atoms with van der Waals surface area (Å²) in [6, 6.07) is 11.0. The van der Waals surface area contributed by atoms with E-state index in [1.54, 1.807) is 30.6 Å². The molecule has 0 aliphatic carbocycles. The lowest BCUT2D eigenvalue weighted by molar-refractivity contribution is 0.196. The number of hydrogen-bond acceptors (Lipinski definition) is 5. The zero-order valence-corrected chi connectivity index (χ0v) is 14.6. The summed E-state index contributed by atoms with van der Waals surface area (Å²) in [5.41, 5.74) is 1.84. The lowest BCUT2D eigenvalue weighted by Gasteiger charge is -2.34. The number of nitrogens with one attached hydrogen (secondary N) is 1. The number of amidine groups is 1. The van der Waals surface area contributed by atoms with Gasteiger partial charge in [0.25, 0.3) is 10.0 Å². The van der Waals surface area contributed by atoms with E-state index in [2.05, 4.69) is 19.6 Å². The summed E-state index contributed by atoms with van der Waals surface area (Å²) in [5.74, 6) is 0.664. The van der Waals surface area contributed by atoms with Crippen LogP contribution in [0.4, 0.5) is 5.69 Å². The molecule has 0 bridgehead atoms. The van der Waals surface area contributed by atoms with Gasteiger partial charge >= 0.3 is 0 Å². The molecule has 1 N–H and O–H groups in total. The van der Waals surface area contributed by atoms with E-state index in [0.717, 1.165) is 32.5 Å². The fraction of sp³-hybridized carbons (Fsp3) is 0.333. The van der Waals surface area contributed by atoms with Gasteiger partial charge in [0, 0.05) is 31.4 Å². The lowest BCUT2D eigenvalue weighted by Crippen LogP contribution is -2.41. The van der Waals surface area contributed by atoms with E-state index < -0.39 is 10.0 Å². The quantitative estimate of drug-likeness (QED) is 0.915. The van der Waals surface area contributed by atoms with Gasteiger partial charge in [-0.05, 0) is 49.2 Å². The minimum atomic E-state index is -3.62. The first kappa shape index (κ1) is 16.2. The standard InChI is InChI=1S/C18H20N4O2S/c23-25(24)17-6-2-1-5-16(17)20-18(21-25)15-4-3-11-22(13-15)12-14-7-9-19-10-8-14/h1-2,5-10,15H,3-4,11-13H2,(H,20,21). The van der Waals surface area contributed by atoms with Crippen LogP contribution in [0.2, 0.25) is 0 Å². The molecule has 1 saturated heterocycles. The third-order valence-corrected chi connectivity index (χ3v) is 6.04. The maximum atomic E-state index is 12.5. The van der Waals surface area contributed by atoms with Crippen molar-refractivity contribution in [2.45, 2.75) is 24.3 Å². The van der Waals surface area contributed by atoms with Crippen LogP contribution < -0.4 is 5.32 Å². The van der Waals surface area contributed by atoms with Gasteiger partial charge in [-0.25, -0.2) is 0 Å². The summed E-state index contributed by atoms with van der Waals surface area (Å²) in [7, 11) is -3.62. The van der Waals surface area contributed by atoms with Gasteiger partial charge in [0.15, 0.2) is 0 Å². The van der Waals surface area contributed by atoms with Crippen LogP contribution in [0.5, 0.6) is 0 Å². The second-order valence-corrected chi connectivity index (χ2v) is 8.08. The largest absolute Gasteiger partial charge is 0.342 e. The fourth-order valence-corrected chi connectivity index (χ4v) is 4.68. The molecule has 2 aliphatic rings. The number of piperidine rings is 1. The molecular weight excluding hydrogens is 336 g/mol. The summed E-state index contributed by atoms with van der Waals surface area (Å²) >= 11 is 0. The van der Waals surface area contributed by atoms with Crippen molar-refractivity contribution in [3.05, 3.63) is 54.4 Å². The minimum absolute atomic E-state index is 0.0960. The topological polar surface area (TPSA) is 74.7 Å². The van der Waals surface area contributed by atoms with Crippen molar-refractivity contribution >= 4 is 21.5 Å². The molecule has 1 atom stereocenters. The van der Waals surface area contributed by atoms with E-state index >= 15 is 0 Å². The molecule has 25 heavy (non-hydrogen) atoms. The number of aromatic nitrogens is 1. The average Bonchev–Trinajstić information content (AvgIpc) is 2.62. The molecule has 1 fully saturated rings. The number of para-hydroxylation sites is 1. The number of benzene rings is 1. The van der Waals surface area contributed by atoms with Crippen LogP contribution in [0.15, 0.2) is 58.1 Å². The Hall–Kier alpha value is -2.25. The van der Waals surface area contributed by atoms with E-state index in [1.165, 1.54) is 5.56 Å². The second kappa shape index (κ2) is 6.57. The van der Waals surface area contributed by atoms with Crippen molar-refractivity contribution < 1.29 is 8.42 Å². The van der Waals surface area contributed by atoms with E-state index in [-0.39, 0.29) is 10.8 Å². The highest BCUT2D eigenvalue weighted by Crippen LogP contribution is 2.30. The molecule has 3 heterocycles. The fourth-order valence-electron chi connectivity index (χ4n) is 3.48. The molecule has 130 valence electrons. The molecule has 0 amide bonds. The monoisotopic (exact) mass is 356 g/mol. The number of pyridine rings is 1. The minimum Gasteiger partial charge on any atom is -0.342 e. The third-order valence-electron chi connectivity index (χ3n) is 4.69. The highest BCUT2D eigenvalue weighted by atomic mass is 32.2. The summed E-state index contributed by atoms with van der Waals surface area (Å²) in [6.45, 7) is 2.65. The number of hydrogen-bond donors (Lipinski definition) is 1.